The molecule has 204 valence electrons. The predicted molar refractivity (Wildman–Crippen MR) is 147 cm³/mol. The molecule has 1 aromatic carbocycles. The van der Waals surface area contributed by atoms with E-state index in [9.17, 15) is 9.18 Å². The number of nitrogens with zero attached hydrogens (tertiary/aromatic N) is 5. The van der Waals surface area contributed by atoms with E-state index in [0.717, 1.165) is 55.7 Å². The largest absolute Gasteiger partial charge is 0.493 e. The van der Waals surface area contributed by atoms with Crippen LogP contribution in [-0.2, 0) is 11.2 Å². The van der Waals surface area contributed by atoms with Gasteiger partial charge in [0.25, 0.3) is 0 Å². The Morgan fingerprint density at radius 1 is 1.10 bits per heavy atom. The Labute approximate surface area is 233 Å². The molecule has 0 spiro atoms. The normalized spacial score (nSPS) is 21.5. The monoisotopic (exact) mass is 549 g/mol. The molecular formula is C30H33ClFN5O2. The molecule has 6 rings (SSSR count). The van der Waals surface area contributed by atoms with Crippen LogP contribution in [0.5, 0.6) is 5.75 Å². The second kappa shape index (κ2) is 11.5. The average Bonchev–Trinajstić information content (AvgIpc) is 3.70. The number of halogens is 2. The highest BCUT2D eigenvalue weighted by molar-refractivity contribution is 6.30. The van der Waals surface area contributed by atoms with Gasteiger partial charge in [-0.15, -0.1) is 0 Å². The zero-order chi connectivity index (χ0) is 26.8. The summed E-state index contributed by atoms with van der Waals surface area (Å²) in [4.78, 5) is 29.5. The summed E-state index contributed by atoms with van der Waals surface area (Å²) >= 11 is 5.90. The van der Waals surface area contributed by atoms with Crippen molar-refractivity contribution in [3.05, 3.63) is 77.1 Å². The number of hydrogen-bond donors (Lipinski definition) is 0. The highest BCUT2D eigenvalue weighted by Gasteiger charge is 2.43. The summed E-state index contributed by atoms with van der Waals surface area (Å²) in [5, 5.41) is 0.559. The van der Waals surface area contributed by atoms with E-state index in [-0.39, 0.29) is 18.1 Å². The first-order valence-corrected chi connectivity index (χ1v) is 14.2. The number of likely N-dealkylation sites (tertiary alicyclic amines) is 1. The quantitative estimate of drug-likeness (QED) is 0.367. The fourth-order valence-corrected chi connectivity index (χ4v) is 6.15. The first-order valence-electron chi connectivity index (χ1n) is 13.8. The molecule has 2 aliphatic heterocycles. The van der Waals surface area contributed by atoms with Gasteiger partial charge in [0.05, 0.1) is 30.4 Å². The zero-order valence-electron chi connectivity index (χ0n) is 21.9. The third-order valence-electron chi connectivity index (χ3n) is 8.53. The minimum absolute atomic E-state index is 0.0472. The Balaban J connectivity index is 0.900. The number of anilines is 1. The second-order valence-electron chi connectivity index (χ2n) is 11.0. The third-order valence-corrected chi connectivity index (χ3v) is 8.72. The lowest BCUT2D eigenvalue weighted by Crippen LogP contribution is -2.49. The van der Waals surface area contributed by atoms with Gasteiger partial charge in [-0.2, -0.15) is 0 Å². The number of amides is 1. The van der Waals surface area contributed by atoms with Crippen molar-refractivity contribution < 1.29 is 13.9 Å². The molecule has 2 unspecified atom stereocenters. The van der Waals surface area contributed by atoms with Crippen molar-refractivity contribution in [2.75, 3.05) is 37.7 Å². The van der Waals surface area contributed by atoms with Gasteiger partial charge in [-0.25, -0.2) is 14.4 Å². The van der Waals surface area contributed by atoms with Crippen molar-refractivity contribution in [2.24, 2.45) is 17.8 Å². The standard InChI is InChI=1S/C30H33ClFN5O2/c31-25-16-34-30(35-17-25)36-9-5-20(6-10-36)27-12-21(27)7-11-39-26-4-3-22(28(32)14-26)13-29(38)37-18-24(19-37)23-2-1-8-33-15-23/h1-4,8,14-17,20-21,24,27H,5-7,9-13,18-19H2. The average molecular weight is 550 g/mol. The molecule has 1 saturated carbocycles. The van der Waals surface area contributed by atoms with Crippen molar-refractivity contribution in [2.45, 2.75) is 38.0 Å². The predicted octanol–water partition coefficient (Wildman–Crippen LogP) is 5.15. The fourth-order valence-electron chi connectivity index (χ4n) is 6.05. The lowest BCUT2D eigenvalue weighted by atomic mass is 9.90. The van der Waals surface area contributed by atoms with E-state index in [1.807, 2.05) is 18.3 Å². The van der Waals surface area contributed by atoms with Crippen LogP contribution >= 0.6 is 11.6 Å². The molecule has 0 N–H and O–H groups in total. The Kier molecular flexibility index (Phi) is 7.64. The van der Waals surface area contributed by atoms with Crippen molar-refractivity contribution in [1.82, 2.24) is 19.9 Å². The number of benzene rings is 1. The van der Waals surface area contributed by atoms with Gasteiger partial charge >= 0.3 is 0 Å². The number of hydrogen-bond acceptors (Lipinski definition) is 6. The molecule has 2 saturated heterocycles. The number of aromatic nitrogens is 3. The van der Waals surface area contributed by atoms with Crippen LogP contribution in [-0.4, -0.2) is 58.5 Å². The molecule has 1 amide bonds. The summed E-state index contributed by atoms with van der Waals surface area (Å²) in [5.74, 6) is 3.34. The third kappa shape index (κ3) is 6.16. The Morgan fingerprint density at radius 2 is 1.90 bits per heavy atom. The van der Waals surface area contributed by atoms with Crippen LogP contribution in [0.1, 0.15) is 42.7 Å². The topological polar surface area (TPSA) is 71.5 Å². The van der Waals surface area contributed by atoms with E-state index in [0.29, 0.717) is 47.9 Å². The molecule has 2 aromatic heterocycles. The van der Waals surface area contributed by atoms with Gasteiger partial charge in [0.2, 0.25) is 11.9 Å². The molecule has 2 atom stereocenters. The Bertz CT molecular complexity index is 1280. The molecule has 3 aliphatic rings. The molecule has 3 fully saturated rings. The lowest BCUT2D eigenvalue weighted by Gasteiger charge is -2.39. The van der Waals surface area contributed by atoms with E-state index in [1.165, 1.54) is 12.5 Å². The fraction of sp³-hybridized carbons (Fsp3) is 0.467. The van der Waals surface area contributed by atoms with E-state index < -0.39 is 0 Å². The van der Waals surface area contributed by atoms with Gasteiger partial charge in [-0.1, -0.05) is 23.7 Å². The molecule has 1 aliphatic carbocycles. The van der Waals surface area contributed by atoms with Crippen LogP contribution in [0.25, 0.3) is 0 Å². The molecular weight excluding hydrogens is 517 g/mol. The summed E-state index contributed by atoms with van der Waals surface area (Å²) in [6.45, 7) is 3.85. The number of carbonyl (C=O) groups excluding carboxylic acids is 1. The first-order chi connectivity index (χ1) is 19.0. The van der Waals surface area contributed by atoms with Gasteiger partial charge in [-0.3, -0.25) is 9.78 Å². The molecule has 3 aromatic rings. The van der Waals surface area contributed by atoms with Crippen LogP contribution in [0.15, 0.2) is 55.1 Å². The molecule has 0 bridgehead atoms. The highest BCUT2D eigenvalue weighted by atomic mass is 35.5. The van der Waals surface area contributed by atoms with Gasteiger partial charge in [0.15, 0.2) is 0 Å². The SMILES string of the molecule is O=C(Cc1ccc(OCCC2CC2C2CCN(c3ncc(Cl)cn3)CC2)cc1F)N1CC(c2cccnc2)C1. The Morgan fingerprint density at radius 3 is 2.62 bits per heavy atom. The van der Waals surface area contributed by atoms with Crippen molar-refractivity contribution in [3.8, 4) is 5.75 Å². The van der Waals surface area contributed by atoms with Gasteiger partial charge < -0.3 is 14.5 Å². The Hall–Kier alpha value is -3.26. The van der Waals surface area contributed by atoms with Crippen molar-refractivity contribution >= 4 is 23.5 Å². The summed E-state index contributed by atoms with van der Waals surface area (Å²) < 4.78 is 20.6. The minimum atomic E-state index is -0.383. The molecule has 7 nitrogen and oxygen atoms in total. The zero-order valence-corrected chi connectivity index (χ0v) is 22.6. The number of pyridine rings is 1. The smallest absolute Gasteiger partial charge is 0.227 e. The summed E-state index contributed by atoms with van der Waals surface area (Å²) in [6, 6.07) is 8.81. The molecule has 0 radical (unpaired) electrons. The summed E-state index contributed by atoms with van der Waals surface area (Å²) in [6.07, 6.45) is 11.5. The molecule has 39 heavy (non-hydrogen) atoms. The van der Waals surface area contributed by atoms with Crippen LogP contribution in [0, 0.1) is 23.6 Å². The maximum absolute atomic E-state index is 14.7. The second-order valence-corrected chi connectivity index (χ2v) is 11.5. The summed E-state index contributed by atoms with van der Waals surface area (Å²) in [7, 11) is 0. The lowest BCUT2D eigenvalue weighted by molar-refractivity contribution is -0.134. The summed E-state index contributed by atoms with van der Waals surface area (Å²) in [5.41, 5.74) is 1.55. The first kappa shape index (κ1) is 26.0. The maximum atomic E-state index is 14.7. The van der Waals surface area contributed by atoms with Crippen LogP contribution in [0.2, 0.25) is 5.02 Å². The van der Waals surface area contributed by atoms with Crippen LogP contribution in [0.4, 0.5) is 10.3 Å². The van der Waals surface area contributed by atoms with Gasteiger partial charge in [0, 0.05) is 50.6 Å². The number of piperidine rings is 1. The van der Waals surface area contributed by atoms with Crippen molar-refractivity contribution in [1.29, 1.82) is 0 Å². The number of rotatable bonds is 9. The highest BCUT2D eigenvalue weighted by Crippen LogP contribution is 2.49. The van der Waals surface area contributed by atoms with Gasteiger partial charge in [-0.05, 0) is 66.7 Å². The van der Waals surface area contributed by atoms with Crippen LogP contribution < -0.4 is 9.64 Å². The van der Waals surface area contributed by atoms with E-state index in [4.69, 9.17) is 16.3 Å². The van der Waals surface area contributed by atoms with Crippen molar-refractivity contribution in [3.63, 3.8) is 0 Å². The van der Waals surface area contributed by atoms with Gasteiger partial charge in [0.1, 0.15) is 11.6 Å². The number of carbonyl (C=O) groups is 1. The minimum Gasteiger partial charge on any atom is -0.493 e. The molecule has 4 heterocycles. The van der Waals surface area contributed by atoms with E-state index >= 15 is 0 Å². The number of ether oxygens (including phenoxy) is 1. The van der Waals surface area contributed by atoms with E-state index in [1.54, 1.807) is 35.6 Å². The molecule has 9 heteroatoms. The van der Waals surface area contributed by atoms with E-state index in [2.05, 4.69) is 19.9 Å². The van der Waals surface area contributed by atoms with Crippen LogP contribution in [0.3, 0.4) is 0 Å². The maximum Gasteiger partial charge on any atom is 0.227 e.